The molecule has 0 spiro atoms. The molecule has 0 saturated carbocycles. The number of para-hydroxylation sites is 1. The highest BCUT2D eigenvalue weighted by Gasteiger charge is 2.20. The molecule has 1 aromatic carbocycles. The lowest BCUT2D eigenvalue weighted by Gasteiger charge is -2.15. The molecule has 0 aromatic heterocycles. The molecule has 0 aliphatic carbocycles. The monoisotopic (exact) mass is 283 g/mol. The number of anilines is 1. The molecule has 1 atom stereocenters. The average Bonchev–Trinajstić information content (AvgIpc) is 2.30. The van der Waals surface area contributed by atoms with E-state index in [1.54, 1.807) is 19.1 Å². The van der Waals surface area contributed by atoms with E-state index in [2.05, 4.69) is 5.32 Å². The van der Waals surface area contributed by atoms with Gasteiger partial charge in [0.25, 0.3) is 0 Å². The fourth-order valence-electron chi connectivity index (χ4n) is 1.73. The summed E-state index contributed by atoms with van der Waals surface area (Å²) >= 11 is 6.00. The van der Waals surface area contributed by atoms with E-state index in [0.29, 0.717) is 23.6 Å². The Labute approximate surface area is 117 Å². The van der Waals surface area contributed by atoms with Gasteiger partial charge >= 0.3 is 5.97 Å². The summed E-state index contributed by atoms with van der Waals surface area (Å²) in [7, 11) is 0. The molecule has 1 aromatic rings. The van der Waals surface area contributed by atoms with E-state index in [1.807, 2.05) is 13.8 Å². The molecule has 0 unspecified atom stereocenters. The molecule has 0 bridgehead atoms. The second-order valence-electron chi connectivity index (χ2n) is 4.89. The van der Waals surface area contributed by atoms with Crippen LogP contribution in [0, 0.1) is 12.8 Å². The average molecular weight is 284 g/mol. The Balaban J connectivity index is 2.93. The fourth-order valence-corrected chi connectivity index (χ4v) is 2.15. The standard InChI is InChI=1S/C14H18ClNO3/c1-8(2)7-11(15)13(17)16-12-9(3)5-4-6-10(12)14(18)19/h4-6,8,11H,7H2,1-3H3,(H,16,17)(H,18,19)/t11-/m0/s1. The van der Waals surface area contributed by atoms with Crippen LogP contribution >= 0.6 is 11.6 Å². The van der Waals surface area contributed by atoms with Crippen molar-refractivity contribution >= 4 is 29.2 Å². The van der Waals surface area contributed by atoms with Gasteiger partial charge in [0.05, 0.1) is 11.3 Å². The zero-order chi connectivity index (χ0) is 14.6. The quantitative estimate of drug-likeness (QED) is 0.815. The molecular formula is C14H18ClNO3. The van der Waals surface area contributed by atoms with Crippen molar-refractivity contribution in [1.82, 2.24) is 0 Å². The third kappa shape index (κ3) is 4.24. The molecular weight excluding hydrogens is 266 g/mol. The van der Waals surface area contributed by atoms with Crippen LogP contribution in [0.2, 0.25) is 0 Å². The molecule has 1 amide bonds. The number of carboxylic acids is 1. The van der Waals surface area contributed by atoms with E-state index < -0.39 is 11.3 Å². The zero-order valence-corrected chi connectivity index (χ0v) is 12.0. The summed E-state index contributed by atoms with van der Waals surface area (Å²) in [6, 6.07) is 4.84. The van der Waals surface area contributed by atoms with Crippen molar-refractivity contribution in [2.45, 2.75) is 32.6 Å². The first kappa shape index (κ1) is 15.5. The van der Waals surface area contributed by atoms with Crippen LogP contribution in [0.25, 0.3) is 0 Å². The molecule has 104 valence electrons. The first-order chi connectivity index (χ1) is 8.82. The SMILES string of the molecule is Cc1cccc(C(=O)O)c1NC(=O)[C@@H](Cl)CC(C)C. The highest BCUT2D eigenvalue weighted by atomic mass is 35.5. The number of aromatic carboxylic acids is 1. The predicted octanol–water partition coefficient (Wildman–Crippen LogP) is 3.29. The molecule has 2 N–H and O–H groups in total. The maximum atomic E-state index is 11.9. The van der Waals surface area contributed by atoms with Crippen molar-refractivity contribution in [3.05, 3.63) is 29.3 Å². The van der Waals surface area contributed by atoms with Gasteiger partial charge in [-0.1, -0.05) is 26.0 Å². The second-order valence-corrected chi connectivity index (χ2v) is 5.42. The van der Waals surface area contributed by atoms with E-state index in [4.69, 9.17) is 16.7 Å². The summed E-state index contributed by atoms with van der Waals surface area (Å²) in [6.07, 6.45) is 0.543. The van der Waals surface area contributed by atoms with Crippen LogP contribution in [-0.2, 0) is 4.79 Å². The summed E-state index contributed by atoms with van der Waals surface area (Å²) < 4.78 is 0. The molecule has 0 aliphatic rings. The minimum atomic E-state index is -1.08. The summed E-state index contributed by atoms with van der Waals surface area (Å²) in [5.74, 6) is -1.15. The number of amides is 1. The number of carbonyl (C=O) groups is 2. The number of hydrogen-bond donors (Lipinski definition) is 2. The van der Waals surface area contributed by atoms with E-state index in [0.717, 1.165) is 0 Å². The number of hydrogen-bond acceptors (Lipinski definition) is 2. The Morgan fingerprint density at radius 2 is 2.00 bits per heavy atom. The van der Waals surface area contributed by atoms with E-state index in [1.165, 1.54) is 6.07 Å². The highest BCUT2D eigenvalue weighted by Crippen LogP contribution is 2.22. The van der Waals surface area contributed by atoms with Crippen molar-refractivity contribution in [2.75, 3.05) is 5.32 Å². The van der Waals surface area contributed by atoms with Gasteiger partial charge in [-0.15, -0.1) is 11.6 Å². The van der Waals surface area contributed by atoms with Gasteiger partial charge in [0.1, 0.15) is 5.38 Å². The number of carbonyl (C=O) groups excluding carboxylic acids is 1. The van der Waals surface area contributed by atoms with Gasteiger partial charge in [-0.2, -0.15) is 0 Å². The molecule has 0 radical (unpaired) electrons. The van der Waals surface area contributed by atoms with Crippen molar-refractivity contribution in [1.29, 1.82) is 0 Å². The second kappa shape index (κ2) is 6.57. The van der Waals surface area contributed by atoms with Gasteiger partial charge in [0, 0.05) is 0 Å². The number of benzene rings is 1. The molecule has 19 heavy (non-hydrogen) atoms. The first-order valence-corrected chi connectivity index (χ1v) is 6.54. The number of aryl methyl sites for hydroxylation is 1. The van der Waals surface area contributed by atoms with Crippen LogP contribution in [-0.4, -0.2) is 22.4 Å². The molecule has 0 aliphatic heterocycles. The maximum absolute atomic E-state index is 11.9. The van der Waals surface area contributed by atoms with Crippen LogP contribution in [0.15, 0.2) is 18.2 Å². The van der Waals surface area contributed by atoms with E-state index in [9.17, 15) is 9.59 Å². The number of rotatable bonds is 5. The fraction of sp³-hybridized carbons (Fsp3) is 0.429. The Morgan fingerprint density at radius 3 is 2.53 bits per heavy atom. The number of alkyl halides is 1. The van der Waals surface area contributed by atoms with Crippen LogP contribution in [0.5, 0.6) is 0 Å². The molecule has 0 saturated heterocycles. The summed E-state index contributed by atoms with van der Waals surface area (Å²) in [6.45, 7) is 5.69. The summed E-state index contributed by atoms with van der Waals surface area (Å²) in [4.78, 5) is 23.1. The van der Waals surface area contributed by atoms with Crippen LogP contribution in [0.3, 0.4) is 0 Å². The minimum Gasteiger partial charge on any atom is -0.478 e. The smallest absolute Gasteiger partial charge is 0.337 e. The molecule has 5 heteroatoms. The normalized spacial score (nSPS) is 12.3. The molecule has 1 rings (SSSR count). The Hall–Kier alpha value is -1.55. The Morgan fingerprint density at radius 1 is 1.37 bits per heavy atom. The van der Waals surface area contributed by atoms with Crippen molar-refractivity contribution < 1.29 is 14.7 Å². The third-order valence-corrected chi connectivity index (χ3v) is 3.09. The van der Waals surface area contributed by atoms with E-state index >= 15 is 0 Å². The van der Waals surface area contributed by atoms with Crippen molar-refractivity contribution in [2.24, 2.45) is 5.92 Å². The largest absolute Gasteiger partial charge is 0.478 e. The zero-order valence-electron chi connectivity index (χ0n) is 11.2. The molecule has 0 heterocycles. The van der Waals surface area contributed by atoms with Crippen LogP contribution in [0.4, 0.5) is 5.69 Å². The predicted molar refractivity (Wildman–Crippen MR) is 75.9 cm³/mol. The summed E-state index contributed by atoms with van der Waals surface area (Å²) in [5, 5.41) is 11.1. The van der Waals surface area contributed by atoms with Crippen LogP contribution in [0.1, 0.15) is 36.2 Å². The number of carboxylic acid groups (broad SMARTS) is 1. The van der Waals surface area contributed by atoms with Gasteiger partial charge in [-0.3, -0.25) is 4.79 Å². The lowest BCUT2D eigenvalue weighted by atomic mass is 10.1. The van der Waals surface area contributed by atoms with Gasteiger partial charge < -0.3 is 10.4 Å². The maximum Gasteiger partial charge on any atom is 0.337 e. The van der Waals surface area contributed by atoms with Crippen LogP contribution < -0.4 is 5.32 Å². The lowest BCUT2D eigenvalue weighted by Crippen LogP contribution is -2.26. The minimum absolute atomic E-state index is 0.0711. The van der Waals surface area contributed by atoms with Crippen molar-refractivity contribution in [3.63, 3.8) is 0 Å². The third-order valence-electron chi connectivity index (χ3n) is 2.71. The Kier molecular flexibility index (Phi) is 5.36. The number of nitrogens with one attached hydrogen (secondary N) is 1. The molecule has 0 fully saturated rings. The Bertz CT molecular complexity index is 486. The lowest BCUT2D eigenvalue weighted by molar-refractivity contribution is -0.116. The highest BCUT2D eigenvalue weighted by molar-refractivity contribution is 6.32. The van der Waals surface area contributed by atoms with Gasteiger partial charge in [0.15, 0.2) is 0 Å². The van der Waals surface area contributed by atoms with Gasteiger partial charge in [-0.25, -0.2) is 4.79 Å². The van der Waals surface area contributed by atoms with Gasteiger partial charge in [0.2, 0.25) is 5.91 Å². The van der Waals surface area contributed by atoms with Gasteiger partial charge in [-0.05, 0) is 30.9 Å². The summed E-state index contributed by atoms with van der Waals surface area (Å²) in [5.41, 5.74) is 1.08. The number of halogens is 1. The topological polar surface area (TPSA) is 66.4 Å². The molecule has 4 nitrogen and oxygen atoms in total. The van der Waals surface area contributed by atoms with Crippen molar-refractivity contribution in [3.8, 4) is 0 Å². The first-order valence-electron chi connectivity index (χ1n) is 6.10. The van der Waals surface area contributed by atoms with E-state index in [-0.39, 0.29) is 11.5 Å².